The smallest absolute Gasteiger partial charge is 0.336 e. The molecule has 24 heavy (non-hydrogen) atoms. The van der Waals surface area contributed by atoms with E-state index in [9.17, 15) is 19.2 Å². The predicted molar refractivity (Wildman–Crippen MR) is 79.5 cm³/mol. The Balaban J connectivity index is 2.16. The number of nitrogens with zero attached hydrogens (tertiary/aromatic N) is 1. The number of carbonyl (C=O) groups is 4. The number of hydrogen-bond acceptors (Lipinski definition) is 5. The lowest BCUT2D eigenvalue weighted by Crippen LogP contribution is -2.42. The van der Waals surface area contributed by atoms with Gasteiger partial charge in [-0.3, -0.25) is 25.4 Å². The molecule has 1 aromatic heterocycles. The number of pyridine rings is 1. The Hall–Kier alpha value is -3.75. The van der Waals surface area contributed by atoms with E-state index in [2.05, 4.69) is 15.8 Å². The summed E-state index contributed by atoms with van der Waals surface area (Å²) in [6, 6.07) is 5.86. The highest BCUT2D eigenvalue weighted by Crippen LogP contribution is 2.12. The van der Waals surface area contributed by atoms with Gasteiger partial charge in [-0.1, -0.05) is 0 Å². The normalized spacial score (nSPS) is 9.83. The molecule has 0 aliphatic heterocycles. The average molecular weight is 329 g/mol. The molecule has 2 aromatic rings. The second-order valence-electron chi connectivity index (χ2n) is 4.51. The van der Waals surface area contributed by atoms with E-state index in [0.717, 1.165) is 18.2 Å². The van der Waals surface area contributed by atoms with Crippen molar-refractivity contribution in [1.29, 1.82) is 0 Å². The van der Waals surface area contributed by atoms with Gasteiger partial charge in [0.1, 0.15) is 0 Å². The largest absolute Gasteiger partial charge is 0.478 e. The van der Waals surface area contributed by atoms with Crippen LogP contribution < -0.4 is 10.9 Å². The molecule has 2 rings (SSSR count). The molecular formula is C15H11N3O6. The van der Waals surface area contributed by atoms with E-state index in [1.165, 1.54) is 24.5 Å². The number of rotatable bonds is 4. The Bertz CT molecular complexity index is 819. The third-order valence-electron chi connectivity index (χ3n) is 2.97. The molecule has 0 saturated carbocycles. The fourth-order valence-corrected chi connectivity index (χ4v) is 1.81. The maximum absolute atomic E-state index is 12.0. The summed E-state index contributed by atoms with van der Waals surface area (Å²) in [5, 5.41) is 18.0. The molecule has 4 N–H and O–H groups in total. The van der Waals surface area contributed by atoms with E-state index in [1.54, 1.807) is 0 Å². The maximum Gasteiger partial charge on any atom is 0.336 e. The number of hydrazine groups is 1. The topological polar surface area (TPSA) is 146 Å². The zero-order chi connectivity index (χ0) is 17.7. The highest BCUT2D eigenvalue weighted by Gasteiger charge is 2.19. The molecule has 0 atom stereocenters. The van der Waals surface area contributed by atoms with Crippen LogP contribution in [0.1, 0.15) is 41.4 Å². The number of aromatic carboxylic acids is 2. The summed E-state index contributed by atoms with van der Waals surface area (Å²) in [5.74, 6) is -4.31. The highest BCUT2D eigenvalue weighted by atomic mass is 16.4. The third-order valence-corrected chi connectivity index (χ3v) is 2.97. The van der Waals surface area contributed by atoms with Crippen molar-refractivity contribution in [2.75, 3.05) is 0 Å². The fourth-order valence-electron chi connectivity index (χ4n) is 1.81. The number of nitrogens with one attached hydrogen (secondary N) is 2. The van der Waals surface area contributed by atoms with Crippen LogP contribution in [-0.2, 0) is 0 Å². The molecule has 2 amide bonds. The summed E-state index contributed by atoms with van der Waals surface area (Å²) in [4.78, 5) is 49.6. The summed E-state index contributed by atoms with van der Waals surface area (Å²) in [7, 11) is 0. The Morgan fingerprint density at radius 1 is 0.750 bits per heavy atom. The van der Waals surface area contributed by atoms with Gasteiger partial charge in [-0.25, -0.2) is 9.59 Å². The SMILES string of the molecule is O=C(O)c1ccc(C(=O)NNC(=O)c2ccncc2)c(C(=O)O)c1. The number of amides is 2. The van der Waals surface area contributed by atoms with Gasteiger partial charge in [-0.2, -0.15) is 0 Å². The Labute approximate surface area is 134 Å². The number of aromatic nitrogens is 1. The lowest BCUT2D eigenvalue weighted by Gasteiger charge is -2.09. The van der Waals surface area contributed by atoms with E-state index in [0.29, 0.717) is 0 Å². The van der Waals surface area contributed by atoms with Crippen LogP contribution in [0.5, 0.6) is 0 Å². The molecule has 122 valence electrons. The van der Waals surface area contributed by atoms with Crippen molar-refractivity contribution in [1.82, 2.24) is 15.8 Å². The molecule has 0 spiro atoms. The molecule has 0 fully saturated rings. The van der Waals surface area contributed by atoms with Gasteiger partial charge in [0.15, 0.2) is 0 Å². The average Bonchev–Trinajstić information content (AvgIpc) is 2.59. The van der Waals surface area contributed by atoms with Crippen LogP contribution in [0.3, 0.4) is 0 Å². The second-order valence-corrected chi connectivity index (χ2v) is 4.51. The summed E-state index contributed by atoms with van der Waals surface area (Å²) in [6.45, 7) is 0. The van der Waals surface area contributed by atoms with Crippen LogP contribution in [0.25, 0.3) is 0 Å². The number of carboxylic acid groups (broad SMARTS) is 2. The first-order valence-corrected chi connectivity index (χ1v) is 6.51. The molecule has 0 radical (unpaired) electrons. The van der Waals surface area contributed by atoms with Crippen LogP contribution in [0.15, 0.2) is 42.7 Å². The second kappa shape index (κ2) is 7.01. The fraction of sp³-hybridized carbons (Fsp3) is 0. The molecule has 0 bridgehead atoms. The summed E-state index contributed by atoms with van der Waals surface area (Å²) in [6.07, 6.45) is 2.79. The van der Waals surface area contributed by atoms with Crippen molar-refractivity contribution in [3.8, 4) is 0 Å². The van der Waals surface area contributed by atoms with Crippen molar-refractivity contribution in [2.24, 2.45) is 0 Å². The molecule has 1 heterocycles. The molecule has 0 saturated heterocycles. The summed E-state index contributed by atoms with van der Waals surface area (Å²) in [5.41, 5.74) is 3.38. The lowest BCUT2D eigenvalue weighted by atomic mass is 10.0. The van der Waals surface area contributed by atoms with Gasteiger partial charge in [0.2, 0.25) is 0 Å². The van der Waals surface area contributed by atoms with Gasteiger partial charge in [0.05, 0.1) is 16.7 Å². The quantitative estimate of drug-likeness (QED) is 0.599. The minimum Gasteiger partial charge on any atom is -0.478 e. The molecular weight excluding hydrogens is 318 g/mol. The van der Waals surface area contributed by atoms with Crippen molar-refractivity contribution >= 4 is 23.8 Å². The minimum absolute atomic E-state index is 0.241. The Morgan fingerprint density at radius 2 is 1.38 bits per heavy atom. The van der Waals surface area contributed by atoms with Crippen LogP contribution in [0.2, 0.25) is 0 Å². The first-order valence-electron chi connectivity index (χ1n) is 6.51. The maximum atomic E-state index is 12.0. The van der Waals surface area contributed by atoms with E-state index in [-0.39, 0.29) is 16.7 Å². The Morgan fingerprint density at radius 3 is 1.96 bits per heavy atom. The molecule has 1 aromatic carbocycles. The van der Waals surface area contributed by atoms with Gasteiger partial charge < -0.3 is 10.2 Å². The lowest BCUT2D eigenvalue weighted by molar-refractivity contribution is 0.0690. The monoisotopic (exact) mass is 329 g/mol. The molecule has 0 aliphatic rings. The third kappa shape index (κ3) is 3.71. The molecule has 9 heteroatoms. The van der Waals surface area contributed by atoms with E-state index >= 15 is 0 Å². The number of carbonyl (C=O) groups excluding carboxylic acids is 2. The van der Waals surface area contributed by atoms with E-state index < -0.39 is 29.3 Å². The van der Waals surface area contributed by atoms with Gasteiger partial charge in [-0.05, 0) is 30.3 Å². The van der Waals surface area contributed by atoms with Crippen molar-refractivity contribution in [3.05, 3.63) is 65.0 Å². The summed E-state index contributed by atoms with van der Waals surface area (Å²) < 4.78 is 0. The standard InChI is InChI=1S/C15H11N3O6/c19-12(8-3-5-16-6-4-8)17-18-13(20)10-2-1-9(14(21)22)7-11(10)15(23)24/h1-7H,(H,17,19)(H,18,20)(H,21,22)(H,23,24). The Kier molecular flexibility index (Phi) is 4.85. The first-order chi connectivity index (χ1) is 11.4. The minimum atomic E-state index is -1.47. The number of carboxylic acids is 2. The van der Waals surface area contributed by atoms with Crippen molar-refractivity contribution in [3.63, 3.8) is 0 Å². The molecule has 9 nitrogen and oxygen atoms in total. The van der Waals surface area contributed by atoms with Crippen LogP contribution in [0.4, 0.5) is 0 Å². The summed E-state index contributed by atoms with van der Waals surface area (Å²) >= 11 is 0. The number of hydrogen-bond donors (Lipinski definition) is 4. The highest BCUT2D eigenvalue weighted by molar-refractivity contribution is 6.07. The zero-order valence-corrected chi connectivity index (χ0v) is 12.0. The molecule has 0 unspecified atom stereocenters. The number of benzene rings is 1. The van der Waals surface area contributed by atoms with Gasteiger partial charge in [-0.15, -0.1) is 0 Å². The van der Waals surface area contributed by atoms with Gasteiger partial charge in [0.25, 0.3) is 11.8 Å². The van der Waals surface area contributed by atoms with Crippen LogP contribution in [-0.4, -0.2) is 39.0 Å². The van der Waals surface area contributed by atoms with Crippen molar-refractivity contribution < 1.29 is 29.4 Å². The molecule has 0 aliphatic carbocycles. The van der Waals surface area contributed by atoms with Gasteiger partial charge >= 0.3 is 11.9 Å². The van der Waals surface area contributed by atoms with Crippen LogP contribution in [0, 0.1) is 0 Å². The zero-order valence-electron chi connectivity index (χ0n) is 12.0. The first kappa shape index (κ1) is 16.6. The van der Waals surface area contributed by atoms with Gasteiger partial charge in [0, 0.05) is 18.0 Å². The van der Waals surface area contributed by atoms with E-state index in [1.807, 2.05) is 0 Å². The van der Waals surface area contributed by atoms with E-state index in [4.69, 9.17) is 10.2 Å². The van der Waals surface area contributed by atoms with Crippen LogP contribution >= 0.6 is 0 Å². The predicted octanol–water partition coefficient (Wildman–Crippen LogP) is 0.553. The van der Waals surface area contributed by atoms with Crippen molar-refractivity contribution in [2.45, 2.75) is 0 Å².